The average Bonchev–Trinajstić information content (AvgIpc) is 2.46. The second-order valence-electron chi connectivity index (χ2n) is 3.95. The van der Waals surface area contributed by atoms with Gasteiger partial charge in [0.15, 0.2) is 0 Å². The third-order valence-electron chi connectivity index (χ3n) is 2.62. The van der Waals surface area contributed by atoms with E-state index < -0.39 is 0 Å². The summed E-state index contributed by atoms with van der Waals surface area (Å²) >= 11 is 5.90. The number of para-hydroxylation sites is 1. The van der Waals surface area contributed by atoms with E-state index in [0.29, 0.717) is 29.7 Å². The SMILES string of the molecule is CCNc1nc(Cl)nc(N(C)c2ccccc2C#N)n1. The summed E-state index contributed by atoms with van der Waals surface area (Å²) in [4.78, 5) is 14.0. The van der Waals surface area contributed by atoms with E-state index in [1.165, 1.54) is 0 Å². The Labute approximate surface area is 122 Å². The number of halogens is 1. The number of hydrogen-bond acceptors (Lipinski definition) is 6. The highest BCUT2D eigenvalue weighted by molar-refractivity contribution is 6.28. The minimum atomic E-state index is 0.104. The molecule has 0 unspecified atom stereocenters. The normalized spacial score (nSPS) is 9.90. The predicted octanol–water partition coefficient (Wildman–Crippen LogP) is 2.60. The van der Waals surface area contributed by atoms with E-state index >= 15 is 0 Å². The first-order valence-electron chi connectivity index (χ1n) is 6.04. The lowest BCUT2D eigenvalue weighted by atomic mass is 10.2. The molecule has 0 aliphatic rings. The molecule has 6 nitrogen and oxygen atoms in total. The predicted molar refractivity (Wildman–Crippen MR) is 78.2 cm³/mol. The number of nitrogens with one attached hydrogen (secondary N) is 1. The van der Waals surface area contributed by atoms with Crippen molar-refractivity contribution < 1.29 is 0 Å². The van der Waals surface area contributed by atoms with E-state index in [1.807, 2.05) is 19.1 Å². The van der Waals surface area contributed by atoms with Gasteiger partial charge in [-0.15, -0.1) is 0 Å². The standard InChI is InChI=1S/C13H13ClN6/c1-3-16-12-17-11(14)18-13(19-12)20(2)10-7-5-4-6-9(10)8-15/h4-7H,3H2,1-2H3,(H,16,17,18,19). The van der Waals surface area contributed by atoms with Crippen LogP contribution in [0.15, 0.2) is 24.3 Å². The van der Waals surface area contributed by atoms with Gasteiger partial charge in [-0.2, -0.15) is 20.2 Å². The molecule has 1 heterocycles. The first-order chi connectivity index (χ1) is 9.65. The summed E-state index contributed by atoms with van der Waals surface area (Å²) in [6.45, 7) is 2.62. The quantitative estimate of drug-likeness (QED) is 0.932. The van der Waals surface area contributed by atoms with E-state index in [2.05, 4.69) is 26.3 Å². The van der Waals surface area contributed by atoms with Crippen molar-refractivity contribution in [1.82, 2.24) is 15.0 Å². The van der Waals surface area contributed by atoms with Gasteiger partial charge < -0.3 is 10.2 Å². The van der Waals surface area contributed by atoms with Gasteiger partial charge in [0.05, 0.1) is 11.3 Å². The Morgan fingerprint density at radius 1 is 1.30 bits per heavy atom. The number of benzene rings is 1. The second-order valence-corrected chi connectivity index (χ2v) is 4.28. The van der Waals surface area contributed by atoms with Crippen molar-refractivity contribution >= 4 is 29.2 Å². The lowest BCUT2D eigenvalue weighted by Gasteiger charge is -2.18. The number of aromatic nitrogens is 3. The van der Waals surface area contributed by atoms with E-state index in [9.17, 15) is 0 Å². The maximum Gasteiger partial charge on any atom is 0.235 e. The van der Waals surface area contributed by atoms with Gasteiger partial charge in [0, 0.05) is 13.6 Å². The molecule has 0 bridgehead atoms. The fraction of sp³-hybridized carbons (Fsp3) is 0.231. The van der Waals surface area contributed by atoms with Gasteiger partial charge in [-0.05, 0) is 30.7 Å². The zero-order valence-electron chi connectivity index (χ0n) is 11.1. The largest absolute Gasteiger partial charge is 0.354 e. The van der Waals surface area contributed by atoms with Crippen LogP contribution in [-0.4, -0.2) is 28.5 Å². The lowest BCUT2D eigenvalue weighted by Crippen LogP contribution is -2.16. The van der Waals surface area contributed by atoms with Crippen LogP contribution in [0.5, 0.6) is 0 Å². The topological polar surface area (TPSA) is 77.7 Å². The minimum absolute atomic E-state index is 0.104. The van der Waals surface area contributed by atoms with Crippen LogP contribution in [0.2, 0.25) is 5.28 Å². The molecule has 20 heavy (non-hydrogen) atoms. The highest BCUT2D eigenvalue weighted by Crippen LogP contribution is 2.25. The Morgan fingerprint density at radius 3 is 2.75 bits per heavy atom. The van der Waals surface area contributed by atoms with Crippen molar-refractivity contribution in [3.8, 4) is 6.07 Å². The Morgan fingerprint density at radius 2 is 2.05 bits per heavy atom. The third kappa shape index (κ3) is 2.95. The van der Waals surface area contributed by atoms with Crippen molar-refractivity contribution in [2.75, 3.05) is 23.8 Å². The highest BCUT2D eigenvalue weighted by atomic mass is 35.5. The molecule has 2 rings (SSSR count). The molecule has 0 amide bonds. The summed E-state index contributed by atoms with van der Waals surface area (Å²) in [5, 5.41) is 12.2. The van der Waals surface area contributed by atoms with Gasteiger partial charge in [0.1, 0.15) is 6.07 Å². The molecule has 0 spiro atoms. The Hall–Kier alpha value is -2.39. The van der Waals surface area contributed by atoms with E-state index in [0.717, 1.165) is 0 Å². The second kappa shape index (κ2) is 6.17. The fourth-order valence-electron chi connectivity index (χ4n) is 1.70. The molecule has 102 valence electrons. The molecular formula is C13H13ClN6. The average molecular weight is 289 g/mol. The van der Waals surface area contributed by atoms with Gasteiger partial charge in [-0.3, -0.25) is 0 Å². The van der Waals surface area contributed by atoms with E-state index in [4.69, 9.17) is 16.9 Å². The van der Waals surface area contributed by atoms with Crippen LogP contribution in [0, 0.1) is 11.3 Å². The molecule has 1 aromatic heterocycles. The summed E-state index contributed by atoms with van der Waals surface area (Å²) in [5.41, 5.74) is 1.25. The van der Waals surface area contributed by atoms with Crippen LogP contribution < -0.4 is 10.2 Å². The maximum atomic E-state index is 9.14. The molecule has 0 saturated heterocycles. The Balaban J connectivity index is 2.43. The van der Waals surface area contributed by atoms with Crippen molar-refractivity contribution in [3.63, 3.8) is 0 Å². The molecule has 0 aliphatic heterocycles. The number of rotatable bonds is 4. The molecule has 2 aromatic rings. The Kier molecular flexibility index (Phi) is 4.33. The zero-order chi connectivity index (χ0) is 14.5. The molecule has 0 radical (unpaired) electrons. The van der Waals surface area contributed by atoms with Crippen molar-refractivity contribution in [3.05, 3.63) is 35.1 Å². The molecule has 1 N–H and O–H groups in total. The smallest absolute Gasteiger partial charge is 0.235 e. The van der Waals surface area contributed by atoms with Crippen molar-refractivity contribution in [2.45, 2.75) is 6.92 Å². The first-order valence-corrected chi connectivity index (χ1v) is 6.41. The van der Waals surface area contributed by atoms with Crippen molar-refractivity contribution in [2.24, 2.45) is 0 Å². The van der Waals surface area contributed by atoms with Crippen LogP contribution in [-0.2, 0) is 0 Å². The van der Waals surface area contributed by atoms with Crippen LogP contribution in [0.4, 0.5) is 17.6 Å². The van der Waals surface area contributed by atoms with Crippen LogP contribution in [0.1, 0.15) is 12.5 Å². The molecule has 7 heteroatoms. The summed E-state index contributed by atoms with van der Waals surface area (Å²) in [7, 11) is 1.78. The van der Waals surface area contributed by atoms with Gasteiger partial charge in [-0.1, -0.05) is 12.1 Å². The van der Waals surface area contributed by atoms with E-state index in [-0.39, 0.29) is 5.28 Å². The summed E-state index contributed by atoms with van der Waals surface area (Å²) in [5.74, 6) is 0.785. The molecular weight excluding hydrogens is 276 g/mol. The molecule has 0 saturated carbocycles. The summed E-state index contributed by atoms with van der Waals surface area (Å²) in [6, 6.07) is 9.35. The van der Waals surface area contributed by atoms with Gasteiger partial charge in [0.2, 0.25) is 17.2 Å². The van der Waals surface area contributed by atoms with Crippen LogP contribution in [0.25, 0.3) is 0 Å². The molecule has 0 atom stereocenters. The lowest BCUT2D eigenvalue weighted by molar-refractivity contribution is 0.972. The van der Waals surface area contributed by atoms with Crippen LogP contribution >= 0.6 is 11.6 Å². The molecule has 1 aromatic carbocycles. The molecule has 0 fully saturated rings. The highest BCUT2D eigenvalue weighted by Gasteiger charge is 2.13. The van der Waals surface area contributed by atoms with Gasteiger partial charge in [0.25, 0.3) is 0 Å². The fourth-order valence-corrected chi connectivity index (χ4v) is 1.85. The first kappa shape index (κ1) is 14.0. The molecule has 0 aliphatic carbocycles. The van der Waals surface area contributed by atoms with Crippen LogP contribution in [0.3, 0.4) is 0 Å². The number of hydrogen-bond donors (Lipinski definition) is 1. The van der Waals surface area contributed by atoms with E-state index in [1.54, 1.807) is 24.1 Å². The summed E-state index contributed by atoms with van der Waals surface area (Å²) < 4.78 is 0. The Bertz CT molecular complexity index is 652. The van der Waals surface area contributed by atoms with Gasteiger partial charge >= 0.3 is 0 Å². The number of anilines is 3. The minimum Gasteiger partial charge on any atom is -0.354 e. The third-order valence-corrected chi connectivity index (χ3v) is 2.79. The van der Waals surface area contributed by atoms with Gasteiger partial charge in [-0.25, -0.2) is 0 Å². The zero-order valence-corrected chi connectivity index (χ0v) is 11.9. The monoisotopic (exact) mass is 288 g/mol. The maximum absolute atomic E-state index is 9.14. The number of nitriles is 1. The summed E-state index contributed by atoms with van der Waals surface area (Å²) in [6.07, 6.45) is 0. The van der Waals surface area contributed by atoms with Crippen molar-refractivity contribution in [1.29, 1.82) is 5.26 Å². The number of nitrogens with zero attached hydrogens (tertiary/aromatic N) is 5.